The first-order chi connectivity index (χ1) is 9.10. The highest BCUT2D eigenvalue weighted by atomic mass is 16.5. The topological polar surface area (TPSA) is 48.1 Å². The number of aromatic nitrogens is 1. The van der Waals surface area contributed by atoms with Gasteiger partial charge in [0, 0.05) is 18.9 Å². The molecule has 3 nitrogen and oxygen atoms in total. The zero-order valence-corrected chi connectivity index (χ0v) is 11.9. The second-order valence-corrected chi connectivity index (χ2v) is 4.76. The molecule has 0 spiro atoms. The predicted octanol–water partition coefficient (Wildman–Crippen LogP) is 3.14. The first-order valence-corrected chi connectivity index (χ1v) is 6.38. The molecule has 2 rings (SSSR count). The Morgan fingerprint density at radius 2 is 1.89 bits per heavy atom. The molecule has 3 heteroatoms. The van der Waals surface area contributed by atoms with Crippen LogP contribution >= 0.6 is 0 Å². The number of aryl methyl sites for hydroxylation is 1. The Morgan fingerprint density at radius 3 is 2.53 bits per heavy atom. The van der Waals surface area contributed by atoms with Crippen molar-refractivity contribution in [2.75, 3.05) is 7.11 Å². The van der Waals surface area contributed by atoms with E-state index in [0.29, 0.717) is 6.54 Å². The monoisotopic (exact) mass is 256 g/mol. The molecule has 0 aliphatic heterocycles. The first-order valence-electron chi connectivity index (χ1n) is 6.38. The minimum Gasteiger partial charge on any atom is -0.496 e. The fraction of sp³-hybridized carbons (Fsp3) is 0.312. The number of pyridine rings is 1. The molecule has 1 aromatic heterocycles. The largest absolute Gasteiger partial charge is 0.496 e. The Hall–Kier alpha value is -1.87. The molecule has 1 aromatic carbocycles. The van der Waals surface area contributed by atoms with E-state index in [9.17, 15) is 0 Å². The number of nitrogens with zero attached hydrogens (tertiary/aromatic N) is 1. The van der Waals surface area contributed by atoms with Crippen molar-refractivity contribution in [3.63, 3.8) is 0 Å². The molecule has 0 saturated carbocycles. The number of hydrogen-bond donors (Lipinski definition) is 1. The Balaban J connectivity index is 2.70. The van der Waals surface area contributed by atoms with Gasteiger partial charge in [-0.25, -0.2) is 0 Å². The lowest BCUT2D eigenvalue weighted by Gasteiger charge is -2.17. The van der Waals surface area contributed by atoms with Crippen molar-refractivity contribution >= 4 is 0 Å². The summed E-state index contributed by atoms with van der Waals surface area (Å²) in [6.07, 6.45) is 3.65. The van der Waals surface area contributed by atoms with E-state index in [-0.39, 0.29) is 0 Å². The average molecular weight is 256 g/mol. The zero-order chi connectivity index (χ0) is 14.0. The Morgan fingerprint density at radius 1 is 1.16 bits per heavy atom. The summed E-state index contributed by atoms with van der Waals surface area (Å²) in [5.41, 5.74) is 12.8. The van der Waals surface area contributed by atoms with Crippen LogP contribution in [0.5, 0.6) is 5.75 Å². The number of rotatable bonds is 3. The van der Waals surface area contributed by atoms with E-state index in [1.54, 1.807) is 7.11 Å². The van der Waals surface area contributed by atoms with Crippen LogP contribution in [0.15, 0.2) is 24.5 Å². The minimum absolute atomic E-state index is 0.493. The summed E-state index contributed by atoms with van der Waals surface area (Å²) in [4.78, 5) is 4.15. The molecule has 0 atom stereocenters. The van der Waals surface area contributed by atoms with Crippen molar-refractivity contribution < 1.29 is 4.74 Å². The second kappa shape index (κ2) is 5.41. The molecule has 0 radical (unpaired) electrons. The highest BCUT2D eigenvalue weighted by molar-refractivity contribution is 5.74. The Bertz CT molecular complexity index is 606. The summed E-state index contributed by atoms with van der Waals surface area (Å²) in [7, 11) is 1.71. The molecular weight excluding hydrogens is 236 g/mol. The van der Waals surface area contributed by atoms with Crippen LogP contribution in [0.1, 0.15) is 22.3 Å². The summed E-state index contributed by atoms with van der Waals surface area (Å²) in [6, 6.07) is 4.19. The SMILES string of the molecule is COc1c(C)cc(-c2ccncc2CN)c(C)c1C. The Labute approximate surface area is 114 Å². The van der Waals surface area contributed by atoms with E-state index in [0.717, 1.165) is 22.4 Å². The van der Waals surface area contributed by atoms with E-state index >= 15 is 0 Å². The molecule has 19 heavy (non-hydrogen) atoms. The van der Waals surface area contributed by atoms with E-state index in [4.69, 9.17) is 10.5 Å². The standard InChI is InChI=1S/C16H20N2O/c1-10-7-15(11(2)12(3)16(10)19-4)14-5-6-18-9-13(14)8-17/h5-7,9H,8,17H2,1-4H3. The molecule has 100 valence electrons. The van der Waals surface area contributed by atoms with E-state index in [2.05, 4.69) is 31.8 Å². The maximum atomic E-state index is 5.81. The maximum Gasteiger partial charge on any atom is 0.124 e. The van der Waals surface area contributed by atoms with E-state index in [1.165, 1.54) is 16.7 Å². The van der Waals surface area contributed by atoms with Crippen molar-refractivity contribution in [1.82, 2.24) is 4.98 Å². The molecule has 0 fully saturated rings. The fourth-order valence-electron chi connectivity index (χ4n) is 2.50. The van der Waals surface area contributed by atoms with Crippen LogP contribution in [0.25, 0.3) is 11.1 Å². The van der Waals surface area contributed by atoms with Gasteiger partial charge in [0.1, 0.15) is 5.75 Å². The number of nitrogens with two attached hydrogens (primary N) is 1. The molecule has 0 bridgehead atoms. The van der Waals surface area contributed by atoms with Gasteiger partial charge in [-0.3, -0.25) is 4.98 Å². The number of methoxy groups -OCH3 is 1. The van der Waals surface area contributed by atoms with Crippen molar-refractivity contribution in [1.29, 1.82) is 0 Å². The lowest BCUT2D eigenvalue weighted by molar-refractivity contribution is 0.408. The zero-order valence-electron chi connectivity index (χ0n) is 11.9. The molecule has 0 aliphatic carbocycles. The molecule has 0 saturated heterocycles. The van der Waals surface area contributed by atoms with Gasteiger partial charge < -0.3 is 10.5 Å². The lowest BCUT2D eigenvalue weighted by Crippen LogP contribution is -2.02. The molecule has 1 heterocycles. The van der Waals surface area contributed by atoms with Crippen LogP contribution in [0.4, 0.5) is 0 Å². The van der Waals surface area contributed by atoms with Gasteiger partial charge in [0.25, 0.3) is 0 Å². The van der Waals surface area contributed by atoms with Crippen LogP contribution in [-0.4, -0.2) is 12.1 Å². The first kappa shape index (κ1) is 13.6. The van der Waals surface area contributed by atoms with Gasteiger partial charge in [-0.2, -0.15) is 0 Å². The summed E-state index contributed by atoms with van der Waals surface area (Å²) in [5, 5.41) is 0. The third kappa shape index (κ3) is 2.34. The molecule has 0 unspecified atom stereocenters. The van der Waals surface area contributed by atoms with Crippen molar-refractivity contribution in [3.8, 4) is 16.9 Å². The molecule has 2 aromatic rings. The van der Waals surface area contributed by atoms with E-state index < -0.39 is 0 Å². The molecule has 2 N–H and O–H groups in total. The smallest absolute Gasteiger partial charge is 0.124 e. The summed E-state index contributed by atoms with van der Waals surface area (Å²) >= 11 is 0. The van der Waals surface area contributed by atoms with Crippen molar-refractivity contribution in [2.24, 2.45) is 5.73 Å². The summed E-state index contributed by atoms with van der Waals surface area (Å²) in [5.74, 6) is 0.963. The third-order valence-electron chi connectivity index (χ3n) is 3.64. The minimum atomic E-state index is 0.493. The quantitative estimate of drug-likeness (QED) is 0.917. The highest BCUT2D eigenvalue weighted by Crippen LogP contribution is 2.35. The van der Waals surface area contributed by atoms with Crippen LogP contribution in [0.2, 0.25) is 0 Å². The number of benzene rings is 1. The molecular formula is C16H20N2O. The van der Waals surface area contributed by atoms with Crippen molar-refractivity contribution in [3.05, 3.63) is 46.8 Å². The number of hydrogen-bond acceptors (Lipinski definition) is 3. The predicted molar refractivity (Wildman–Crippen MR) is 78.3 cm³/mol. The number of ether oxygens (including phenoxy) is 1. The average Bonchev–Trinajstić information content (AvgIpc) is 2.43. The molecule has 0 aliphatic rings. The highest BCUT2D eigenvalue weighted by Gasteiger charge is 2.13. The van der Waals surface area contributed by atoms with Crippen LogP contribution in [0, 0.1) is 20.8 Å². The van der Waals surface area contributed by atoms with Crippen LogP contribution < -0.4 is 10.5 Å². The van der Waals surface area contributed by atoms with Gasteiger partial charge in [-0.15, -0.1) is 0 Å². The van der Waals surface area contributed by atoms with Gasteiger partial charge in [-0.1, -0.05) is 0 Å². The normalized spacial score (nSPS) is 10.6. The van der Waals surface area contributed by atoms with Crippen molar-refractivity contribution in [2.45, 2.75) is 27.3 Å². The van der Waals surface area contributed by atoms with Gasteiger partial charge in [0.15, 0.2) is 0 Å². The van der Waals surface area contributed by atoms with Gasteiger partial charge >= 0.3 is 0 Å². The van der Waals surface area contributed by atoms with Gasteiger partial charge in [0.2, 0.25) is 0 Å². The summed E-state index contributed by atoms with van der Waals surface area (Å²) < 4.78 is 5.47. The van der Waals surface area contributed by atoms with Crippen LogP contribution in [-0.2, 0) is 6.54 Å². The summed E-state index contributed by atoms with van der Waals surface area (Å²) in [6.45, 7) is 6.77. The third-order valence-corrected chi connectivity index (χ3v) is 3.64. The van der Waals surface area contributed by atoms with Gasteiger partial charge in [-0.05, 0) is 66.3 Å². The second-order valence-electron chi connectivity index (χ2n) is 4.76. The Kier molecular flexibility index (Phi) is 3.86. The molecule has 0 amide bonds. The maximum absolute atomic E-state index is 5.81. The van der Waals surface area contributed by atoms with E-state index in [1.807, 2.05) is 18.5 Å². The van der Waals surface area contributed by atoms with Gasteiger partial charge in [0.05, 0.1) is 7.11 Å². The lowest BCUT2D eigenvalue weighted by atomic mass is 9.92. The fourth-order valence-corrected chi connectivity index (χ4v) is 2.50. The van der Waals surface area contributed by atoms with Crippen LogP contribution in [0.3, 0.4) is 0 Å².